The Morgan fingerprint density at radius 2 is 1.52 bits per heavy atom. The normalized spacial score (nSPS) is 11.2. The van der Waals surface area contributed by atoms with E-state index in [9.17, 15) is 4.79 Å². The number of hydrogen-bond donors (Lipinski definition) is 0. The van der Waals surface area contributed by atoms with Gasteiger partial charge in [-0.25, -0.2) is 0 Å². The molecule has 0 fully saturated rings. The Balaban J connectivity index is 2.47. The number of carbonyl (C=O) groups is 1. The third kappa shape index (κ3) is 3.54. The van der Waals surface area contributed by atoms with Crippen molar-refractivity contribution in [1.29, 1.82) is 0 Å². The molecule has 0 radical (unpaired) electrons. The molecule has 1 nitrogen and oxygen atoms in total. The van der Waals surface area contributed by atoms with Gasteiger partial charge >= 0.3 is 0 Å². The van der Waals surface area contributed by atoms with Crippen LogP contribution in [0, 0.1) is 0 Å². The predicted octanol–water partition coefficient (Wildman–Crippen LogP) is 5.82. The Labute approximate surface area is 132 Å². The molecule has 2 rings (SSSR count). The standard InChI is InChI=1S/C19H21ClO/c1-12(2)15-7-10-17(18(11-15)13(3)4)19(21)14-5-8-16(20)9-6-14/h5-13H,1-4H3. The van der Waals surface area contributed by atoms with Crippen molar-refractivity contribution in [1.82, 2.24) is 0 Å². The molecule has 0 aromatic heterocycles. The quantitative estimate of drug-likeness (QED) is 0.650. The fourth-order valence-corrected chi connectivity index (χ4v) is 2.51. The van der Waals surface area contributed by atoms with Crippen LogP contribution in [0.3, 0.4) is 0 Å². The molecule has 0 spiro atoms. The second-order valence-corrected chi connectivity index (χ2v) is 6.43. The van der Waals surface area contributed by atoms with Gasteiger partial charge < -0.3 is 0 Å². The Morgan fingerprint density at radius 3 is 2.05 bits per heavy atom. The molecule has 0 aliphatic heterocycles. The van der Waals surface area contributed by atoms with Crippen LogP contribution in [-0.2, 0) is 0 Å². The largest absolute Gasteiger partial charge is 0.289 e. The van der Waals surface area contributed by atoms with Crippen molar-refractivity contribution in [2.45, 2.75) is 39.5 Å². The zero-order chi connectivity index (χ0) is 15.6. The molecular weight excluding hydrogens is 280 g/mol. The molecule has 2 aromatic carbocycles. The average Bonchev–Trinajstić information content (AvgIpc) is 2.46. The van der Waals surface area contributed by atoms with E-state index in [1.54, 1.807) is 24.3 Å². The molecule has 0 aliphatic rings. The molecule has 0 bridgehead atoms. The van der Waals surface area contributed by atoms with Crippen molar-refractivity contribution in [2.24, 2.45) is 0 Å². The predicted molar refractivity (Wildman–Crippen MR) is 89.5 cm³/mol. The molecule has 0 unspecified atom stereocenters. The van der Waals surface area contributed by atoms with Crippen LogP contribution in [0.25, 0.3) is 0 Å². The lowest BCUT2D eigenvalue weighted by atomic mass is 9.88. The number of ketones is 1. The first-order valence-electron chi connectivity index (χ1n) is 7.34. The van der Waals surface area contributed by atoms with E-state index < -0.39 is 0 Å². The van der Waals surface area contributed by atoms with Gasteiger partial charge in [-0.2, -0.15) is 0 Å². The third-order valence-corrected chi connectivity index (χ3v) is 3.97. The monoisotopic (exact) mass is 300 g/mol. The van der Waals surface area contributed by atoms with Gasteiger partial charge in [-0.05, 0) is 47.2 Å². The van der Waals surface area contributed by atoms with E-state index >= 15 is 0 Å². The maximum Gasteiger partial charge on any atom is 0.193 e. The maximum atomic E-state index is 12.7. The Kier molecular flexibility index (Phi) is 4.84. The van der Waals surface area contributed by atoms with E-state index in [1.165, 1.54) is 5.56 Å². The molecule has 0 atom stereocenters. The van der Waals surface area contributed by atoms with E-state index in [0.717, 1.165) is 11.1 Å². The van der Waals surface area contributed by atoms with Gasteiger partial charge in [-0.1, -0.05) is 57.5 Å². The lowest BCUT2D eigenvalue weighted by Gasteiger charge is -2.15. The van der Waals surface area contributed by atoms with Crippen LogP contribution >= 0.6 is 11.6 Å². The SMILES string of the molecule is CC(C)c1ccc(C(=O)c2ccc(Cl)cc2)c(C(C)C)c1. The summed E-state index contributed by atoms with van der Waals surface area (Å²) in [5.41, 5.74) is 3.85. The summed E-state index contributed by atoms with van der Waals surface area (Å²) in [5.74, 6) is 0.836. The Bertz CT molecular complexity index is 639. The van der Waals surface area contributed by atoms with Gasteiger partial charge in [0.05, 0.1) is 0 Å². The van der Waals surface area contributed by atoms with E-state index in [-0.39, 0.29) is 5.78 Å². The van der Waals surface area contributed by atoms with Gasteiger partial charge in [-0.15, -0.1) is 0 Å². The minimum Gasteiger partial charge on any atom is -0.289 e. The Morgan fingerprint density at radius 1 is 0.905 bits per heavy atom. The molecule has 21 heavy (non-hydrogen) atoms. The van der Waals surface area contributed by atoms with Crippen molar-refractivity contribution in [3.63, 3.8) is 0 Å². The maximum absolute atomic E-state index is 12.7. The van der Waals surface area contributed by atoms with E-state index in [1.807, 2.05) is 6.07 Å². The fraction of sp³-hybridized carbons (Fsp3) is 0.316. The summed E-state index contributed by atoms with van der Waals surface area (Å²) in [7, 11) is 0. The average molecular weight is 301 g/mol. The van der Waals surface area contributed by atoms with Crippen LogP contribution < -0.4 is 0 Å². The van der Waals surface area contributed by atoms with Crippen molar-refractivity contribution in [2.75, 3.05) is 0 Å². The van der Waals surface area contributed by atoms with Crippen molar-refractivity contribution in [3.8, 4) is 0 Å². The zero-order valence-electron chi connectivity index (χ0n) is 13.0. The van der Waals surface area contributed by atoms with Gasteiger partial charge in [0.1, 0.15) is 0 Å². The molecule has 0 amide bonds. The summed E-state index contributed by atoms with van der Waals surface area (Å²) in [4.78, 5) is 12.7. The number of benzene rings is 2. The van der Waals surface area contributed by atoms with Crippen molar-refractivity contribution in [3.05, 3.63) is 69.7 Å². The van der Waals surface area contributed by atoms with Gasteiger partial charge in [0.15, 0.2) is 5.78 Å². The van der Waals surface area contributed by atoms with Crippen LogP contribution in [-0.4, -0.2) is 5.78 Å². The molecule has 0 N–H and O–H groups in total. The van der Waals surface area contributed by atoms with Gasteiger partial charge in [0, 0.05) is 16.1 Å². The summed E-state index contributed by atoms with van der Waals surface area (Å²) in [5, 5.41) is 0.644. The third-order valence-electron chi connectivity index (χ3n) is 3.72. The van der Waals surface area contributed by atoms with Crippen LogP contribution in [0.2, 0.25) is 5.02 Å². The van der Waals surface area contributed by atoms with Crippen molar-refractivity contribution >= 4 is 17.4 Å². The van der Waals surface area contributed by atoms with Gasteiger partial charge in [0.25, 0.3) is 0 Å². The van der Waals surface area contributed by atoms with Crippen LogP contribution in [0.1, 0.15) is 66.6 Å². The highest BCUT2D eigenvalue weighted by atomic mass is 35.5. The topological polar surface area (TPSA) is 17.1 Å². The summed E-state index contributed by atoms with van der Waals surface area (Å²) in [6.07, 6.45) is 0. The molecule has 0 heterocycles. The first-order valence-corrected chi connectivity index (χ1v) is 7.72. The van der Waals surface area contributed by atoms with Crippen LogP contribution in [0.4, 0.5) is 0 Å². The molecule has 0 aliphatic carbocycles. The number of carbonyl (C=O) groups excluding carboxylic acids is 1. The van der Waals surface area contributed by atoms with E-state index in [2.05, 4.69) is 39.8 Å². The summed E-state index contributed by atoms with van der Waals surface area (Å²) < 4.78 is 0. The summed E-state index contributed by atoms with van der Waals surface area (Å²) in [6, 6.07) is 13.3. The Hall–Kier alpha value is -1.60. The lowest BCUT2D eigenvalue weighted by molar-refractivity contribution is 0.103. The van der Waals surface area contributed by atoms with E-state index in [4.69, 9.17) is 11.6 Å². The molecule has 0 saturated carbocycles. The molecular formula is C19H21ClO. The highest BCUT2D eigenvalue weighted by molar-refractivity contribution is 6.30. The van der Waals surface area contributed by atoms with Crippen LogP contribution in [0.15, 0.2) is 42.5 Å². The smallest absolute Gasteiger partial charge is 0.193 e. The fourth-order valence-electron chi connectivity index (χ4n) is 2.38. The molecule has 2 heteroatoms. The zero-order valence-corrected chi connectivity index (χ0v) is 13.7. The molecule has 0 saturated heterocycles. The number of hydrogen-bond acceptors (Lipinski definition) is 1. The molecule has 2 aromatic rings. The first kappa shape index (κ1) is 15.8. The van der Waals surface area contributed by atoms with Gasteiger partial charge in [-0.3, -0.25) is 4.79 Å². The lowest BCUT2D eigenvalue weighted by Crippen LogP contribution is -2.07. The summed E-state index contributed by atoms with van der Waals surface area (Å²) in [6.45, 7) is 8.58. The second-order valence-electron chi connectivity index (χ2n) is 5.99. The molecule has 110 valence electrons. The second kappa shape index (κ2) is 6.44. The van der Waals surface area contributed by atoms with E-state index in [0.29, 0.717) is 22.4 Å². The first-order chi connectivity index (χ1) is 9.90. The van der Waals surface area contributed by atoms with Crippen LogP contribution in [0.5, 0.6) is 0 Å². The highest BCUT2D eigenvalue weighted by Crippen LogP contribution is 2.27. The van der Waals surface area contributed by atoms with Gasteiger partial charge in [0.2, 0.25) is 0 Å². The number of halogens is 1. The minimum atomic E-state index is 0.0608. The van der Waals surface area contributed by atoms with Crippen molar-refractivity contribution < 1.29 is 4.79 Å². The summed E-state index contributed by atoms with van der Waals surface area (Å²) >= 11 is 5.89. The number of rotatable bonds is 4. The highest BCUT2D eigenvalue weighted by Gasteiger charge is 2.16. The minimum absolute atomic E-state index is 0.0608.